The van der Waals surface area contributed by atoms with Gasteiger partial charge in [0, 0.05) is 21.0 Å². The number of carbonyl (C=O) groups is 1. The minimum atomic E-state index is -2.37. The van der Waals surface area contributed by atoms with Crippen LogP contribution in [0.1, 0.15) is 11.3 Å². The molecule has 8 heteroatoms. The van der Waals surface area contributed by atoms with Gasteiger partial charge in [-0.25, -0.2) is 0 Å². The molecular weight excluding hydrogens is 356 g/mol. The number of ether oxygens (including phenoxy) is 1. The Morgan fingerprint density at radius 3 is 2.88 bits per heavy atom. The molecule has 2 aromatic rings. The van der Waals surface area contributed by atoms with Crippen LogP contribution in [0.25, 0.3) is 10.1 Å². The fourth-order valence-electron chi connectivity index (χ4n) is 2.55. The van der Waals surface area contributed by atoms with Gasteiger partial charge in [-0.05, 0) is 29.7 Å². The Balaban J connectivity index is 1.80. The van der Waals surface area contributed by atoms with Crippen molar-refractivity contribution < 1.29 is 30.0 Å². The minimum absolute atomic E-state index is 0.0513. The predicted octanol–water partition coefficient (Wildman–Crippen LogP) is 0.562. The van der Waals surface area contributed by atoms with E-state index in [4.69, 9.17) is 16.3 Å². The third kappa shape index (κ3) is 3.26. The summed E-state index contributed by atoms with van der Waals surface area (Å²) in [5.74, 6) is -1.96. The molecule has 3 atom stereocenters. The first-order valence-corrected chi connectivity index (χ1v) is 8.31. The molecule has 3 rings (SSSR count). The van der Waals surface area contributed by atoms with E-state index in [0.717, 1.165) is 21.0 Å². The first-order valence-electron chi connectivity index (χ1n) is 7.12. The average Bonchev–Trinajstić information content (AvgIpc) is 2.91. The summed E-state index contributed by atoms with van der Waals surface area (Å²) in [7, 11) is 0. The van der Waals surface area contributed by atoms with E-state index in [0.29, 0.717) is 5.02 Å². The first-order chi connectivity index (χ1) is 11.3. The Hall–Kier alpha value is -1.64. The molecule has 0 bridgehead atoms. The van der Waals surface area contributed by atoms with Crippen molar-refractivity contribution in [1.82, 2.24) is 0 Å². The molecule has 1 aliphatic rings. The molecule has 1 heterocycles. The van der Waals surface area contributed by atoms with Crippen LogP contribution < -0.4 is 5.11 Å². The summed E-state index contributed by atoms with van der Waals surface area (Å²) in [4.78, 5) is 11.9. The van der Waals surface area contributed by atoms with E-state index in [9.17, 15) is 25.2 Å². The van der Waals surface area contributed by atoms with E-state index in [1.807, 2.05) is 18.2 Å². The number of halogens is 1. The molecule has 24 heavy (non-hydrogen) atoms. The average molecular weight is 370 g/mol. The summed E-state index contributed by atoms with van der Waals surface area (Å²) in [5.41, 5.74) is -2.37. The summed E-state index contributed by atoms with van der Waals surface area (Å²) >= 11 is 7.38. The number of aliphatic carboxylic acids is 1. The van der Waals surface area contributed by atoms with Crippen LogP contribution in [0.2, 0.25) is 5.02 Å². The molecule has 0 radical (unpaired) electrons. The van der Waals surface area contributed by atoms with Gasteiger partial charge in [-0.3, -0.25) is 0 Å². The molecule has 3 N–H and O–H groups in total. The molecule has 1 aromatic heterocycles. The molecule has 1 aliphatic carbocycles. The Labute approximate surface area is 146 Å². The number of fused-ring (bicyclic) bond motifs is 1. The number of carboxylic acid groups (broad SMARTS) is 1. The highest BCUT2D eigenvalue weighted by Gasteiger charge is 2.40. The molecule has 0 amide bonds. The normalized spacial score (nSPS) is 27.1. The second kappa shape index (κ2) is 6.34. The zero-order valence-electron chi connectivity index (χ0n) is 12.3. The Bertz CT molecular complexity index is 816. The first kappa shape index (κ1) is 17.2. The quantitative estimate of drug-likeness (QED) is 0.726. The van der Waals surface area contributed by atoms with Crippen molar-refractivity contribution in [3.63, 3.8) is 0 Å². The largest absolute Gasteiger partial charge is 0.547 e. The summed E-state index contributed by atoms with van der Waals surface area (Å²) in [5, 5.41) is 42.2. The summed E-state index contributed by atoms with van der Waals surface area (Å²) in [6, 6.07) is 7.34. The summed E-state index contributed by atoms with van der Waals surface area (Å²) in [6.07, 6.45) is -2.56. The molecule has 0 unspecified atom stereocenters. The van der Waals surface area contributed by atoms with E-state index in [1.165, 1.54) is 11.3 Å². The van der Waals surface area contributed by atoms with Crippen LogP contribution in [0.3, 0.4) is 0 Å². The number of hydrogen-bond donors (Lipinski definition) is 3. The highest BCUT2D eigenvalue weighted by Crippen LogP contribution is 2.31. The van der Waals surface area contributed by atoms with Crippen LogP contribution in [0, 0.1) is 0 Å². The Kier molecular flexibility index (Phi) is 4.54. The molecule has 0 aliphatic heterocycles. The monoisotopic (exact) mass is 369 g/mol. The van der Waals surface area contributed by atoms with Crippen molar-refractivity contribution in [2.75, 3.05) is 0 Å². The molecule has 128 valence electrons. The lowest BCUT2D eigenvalue weighted by molar-refractivity contribution is -0.323. The van der Waals surface area contributed by atoms with E-state index in [2.05, 4.69) is 0 Å². The van der Waals surface area contributed by atoms with Crippen LogP contribution in [-0.2, 0) is 16.1 Å². The van der Waals surface area contributed by atoms with Gasteiger partial charge in [-0.2, -0.15) is 0 Å². The number of hydrogen-bond acceptors (Lipinski definition) is 7. The van der Waals surface area contributed by atoms with Crippen LogP contribution in [-0.4, -0.2) is 39.1 Å². The van der Waals surface area contributed by atoms with E-state index < -0.39 is 30.2 Å². The highest BCUT2D eigenvalue weighted by atomic mass is 35.5. The number of thiophene rings is 1. The summed E-state index contributed by atoms with van der Waals surface area (Å²) < 4.78 is 6.40. The van der Waals surface area contributed by atoms with Crippen LogP contribution >= 0.6 is 22.9 Å². The Morgan fingerprint density at radius 1 is 1.42 bits per heavy atom. The summed E-state index contributed by atoms with van der Waals surface area (Å²) in [6.45, 7) is 0.0513. The van der Waals surface area contributed by atoms with E-state index in [1.54, 1.807) is 6.07 Å². The fourth-order valence-corrected chi connectivity index (χ4v) is 3.81. The third-order valence-electron chi connectivity index (χ3n) is 3.83. The topological polar surface area (TPSA) is 110 Å². The second-order valence-corrected chi connectivity index (χ2v) is 7.26. The molecule has 0 saturated carbocycles. The van der Waals surface area contributed by atoms with E-state index >= 15 is 0 Å². The van der Waals surface area contributed by atoms with Gasteiger partial charge in [-0.1, -0.05) is 17.7 Å². The maximum Gasteiger partial charge on any atom is 0.137 e. The van der Waals surface area contributed by atoms with Crippen molar-refractivity contribution >= 4 is 39.0 Å². The van der Waals surface area contributed by atoms with Gasteiger partial charge in [0.25, 0.3) is 0 Å². The highest BCUT2D eigenvalue weighted by molar-refractivity contribution is 7.19. The number of carboxylic acids is 1. The van der Waals surface area contributed by atoms with Gasteiger partial charge >= 0.3 is 0 Å². The smallest absolute Gasteiger partial charge is 0.137 e. The number of aliphatic hydroxyl groups excluding tert-OH is 2. The molecular formula is C16H14ClO6S-. The van der Waals surface area contributed by atoms with E-state index in [-0.39, 0.29) is 12.4 Å². The Morgan fingerprint density at radius 2 is 2.17 bits per heavy atom. The molecule has 1 aromatic carbocycles. The molecule has 6 nitrogen and oxygen atoms in total. The predicted molar refractivity (Wildman–Crippen MR) is 86.3 cm³/mol. The van der Waals surface area contributed by atoms with Gasteiger partial charge < -0.3 is 30.0 Å². The second-order valence-electron chi connectivity index (χ2n) is 5.66. The lowest BCUT2D eigenvalue weighted by atomic mass is 9.86. The SMILES string of the molecule is O=C([O-])[C@]1(O)C=C(OCc2cc3ccc(Cl)cc3s2)[C@@H](O)[C@H](O)C1. The van der Waals surface area contributed by atoms with Gasteiger partial charge in [0.2, 0.25) is 0 Å². The van der Waals surface area contributed by atoms with Gasteiger partial charge in [0.05, 0.1) is 12.1 Å². The van der Waals surface area contributed by atoms with Crippen molar-refractivity contribution in [2.24, 2.45) is 0 Å². The maximum atomic E-state index is 11.0. The lowest BCUT2D eigenvalue weighted by Crippen LogP contribution is -2.54. The van der Waals surface area contributed by atoms with Gasteiger partial charge in [0.1, 0.15) is 24.1 Å². The number of rotatable bonds is 4. The standard InChI is InChI=1S/C16H15ClO6S/c17-9-2-1-8-3-10(24-13(8)4-9)7-23-12-6-16(22,15(20)21)5-11(18)14(12)19/h1-4,6,11,14,18-19,22H,5,7H2,(H,20,21)/p-1/t11-,14+,16-/m1/s1. The van der Waals surface area contributed by atoms with Crippen LogP contribution in [0.4, 0.5) is 0 Å². The van der Waals surface area contributed by atoms with Crippen molar-refractivity contribution in [3.05, 3.63) is 46.0 Å². The minimum Gasteiger partial charge on any atom is -0.547 e. The lowest BCUT2D eigenvalue weighted by Gasteiger charge is -2.36. The van der Waals surface area contributed by atoms with Gasteiger partial charge in [-0.15, -0.1) is 11.3 Å². The number of benzene rings is 1. The van der Waals surface area contributed by atoms with Crippen molar-refractivity contribution in [3.8, 4) is 0 Å². The van der Waals surface area contributed by atoms with Crippen LogP contribution in [0.15, 0.2) is 36.1 Å². The third-order valence-corrected chi connectivity index (χ3v) is 5.13. The van der Waals surface area contributed by atoms with Crippen molar-refractivity contribution in [1.29, 1.82) is 0 Å². The molecule has 0 fully saturated rings. The molecule has 0 spiro atoms. The number of carbonyl (C=O) groups excluding carboxylic acids is 1. The zero-order chi connectivity index (χ0) is 17.5. The fraction of sp³-hybridized carbons (Fsp3) is 0.312. The number of aliphatic hydroxyl groups is 3. The van der Waals surface area contributed by atoms with Crippen LogP contribution in [0.5, 0.6) is 0 Å². The van der Waals surface area contributed by atoms with Gasteiger partial charge in [0.15, 0.2) is 0 Å². The molecule has 0 saturated heterocycles. The zero-order valence-corrected chi connectivity index (χ0v) is 13.9. The van der Waals surface area contributed by atoms with Crippen molar-refractivity contribution in [2.45, 2.75) is 30.8 Å². The maximum absolute atomic E-state index is 11.0.